The predicted octanol–water partition coefficient (Wildman–Crippen LogP) is 14.0. The minimum atomic E-state index is -0.00132. The lowest BCUT2D eigenvalue weighted by molar-refractivity contribution is -0.187. The average molecular weight is 1340 g/mol. The fourth-order valence-corrected chi connectivity index (χ4v) is 27.0. The van der Waals surface area contributed by atoms with E-state index in [4.69, 9.17) is 71.0 Å². The van der Waals surface area contributed by atoms with E-state index in [1.54, 1.807) is 0 Å². The van der Waals surface area contributed by atoms with Crippen LogP contribution in [0.1, 0.15) is 261 Å². The Hall–Kier alpha value is -0.560. The van der Waals surface area contributed by atoms with E-state index >= 15 is 0 Å². The van der Waals surface area contributed by atoms with Crippen molar-refractivity contribution in [1.82, 2.24) is 42.5 Å². The van der Waals surface area contributed by atoms with Crippen LogP contribution in [0.15, 0.2) is 0 Å². The van der Waals surface area contributed by atoms with Gasteiger partial charge in [-0.15, -0.1) is 0 Å². The lowest BCUT2D eigenvalue weighted by atomic mass is 9.54. The molecule has 96 heavy (non-hydrogen) atoms. The Labute approximate surface area is 584 Å². The van der Waals surface area contributed by atoms with Gasteiger partial charge in [0.15, 0.2) is 0 Å². The summed E-state index contributed by atoms with van der Waals surface area (Å²) in [5.41, 5.74) is 0. The van der Waals surface area contributed by atoms with Crippen LogP contribution in [0.25, 0.3) is 0 Å². The van der Waals surface area contributed by atoms with Gasteiger partial charge in [-0.2, -0.15) is 0 Å². The van der Waals surface area contributed by atoms with Crippen LogP contribution in [0.3, 0.4) is 0 Å². The van der Waals surface area contributed by atoms with Gasteiger partial charge in [-0.3, -0.25) is 42.5 Å². The first-order valence-corrected chi connectivity index (χ1v) is 43.0. The molecule has 15 aliphatic rings. The summed E-state index contributed by atoms with van der Waals surface area (Å²) in [6, 6.07) is 0. The van der Waals surface area contributed by atoms with Crippen LogP contribution in [-0.4, -0.2) is 126 Å². The Morgan fingerprint density at radius 3 is 0.646 bits per heavy atom. The van der Waals surface area contributed by atoms with Crippen LogP contribution in [0.5, 0.6) is 0 Å². The number of unbranched alkanes of at least 4 members (excludes halogenated alkanes) is 6. The van der Waals surface area contributed by atoms with Gasteiger partial charge in [0.05, 0.1) is 86.0 Å². The Morgan fingerprint density at radius 1 is 0.229 bits per heavy atom. The van der Waals surface area contributed by atoms with Crippen LogP contribution in [0.4, 0.5) is 0 Å². The maximum absolute atomic E-state index is 7.83. The second-order valence-electron chi connectivity index (χ2n) is 36.1. The highest BCUT2D eigenvalue weighted by Crippen LogP contribution is 2.62. The fraction of sp³-hybridized carbons (Fsp3) is 1.00. The van der Waals surface area contributed by atoms with Gasteiger partial charge >= 0.3 is 0 Å². The monoisotopic (exact) mass is 1340 g/mol. The summed E-state index contributed by atoms with van der Waals surface area (Å²) in [5, 5.41) is 38.0. The van der Waals surface area contributed by atoms with Crippen molar-refractivity contribution in [1.29, 1.82) is 0 Å². The second kappa shape index (κ2) is 32.4. The van der Waals surface area contributed by atoms with Crippen LogP contribution >= 0.6 is 0 Å². The molecule has 36 atom stereocenters. The zero-order valence-electron chi connectivity index (χ0n) is 62.1. The number of hydrogen-bond donors (Lipinski definition) is 8. The van der Waals surface area contributed by atoms with E-state index in [9.17, 15) is 0 Å². The first-order chi connectivity index (χ1) is 47.2. The summed E-state index contributed by atoms with van der Waals surface area (Å²) in [6.45, 7) is 24.7. The molecule has 10 aliphatic carbocycles. The summed E-state index contributed by atoms with van der Waals surface area (Å²) in [4.78, 5) is 0. The third kappa shape index (κ3) is 13.7. The van der Waals surface area contributed by atoms with E-state index < -0.39 is 0 Å². The Balaban J connectivity index is 0.896. The summed E-state index contributed by atoms with van der Waals surface area (Å²) in [7, 11) is 0. The normalized spacial score (nSPS) is 50.8. The molecule has 0 aromatic carbocycles. The zero-order chi connectivity index (χ0) is 65.6. The van der Waals surface area contributed by atoms with Crippen molar-refractivity contribution in [3.8, 4) is 0 Å². The largest absolute Gasteiger partial charge is 0.378 e. The smallest absolute Gasteiger partial charge is 0.0667 e. The van der Waals surface area contributed by atoms with Crippen LogP contribution in [0.2, 0.25) is 0 Å². The van der Waals surface area contributed by atoms with E-state index in [-0.39, 0.29) is 110 Å². The molecule has 548 valence electrons. The molecule has 8 bridgehead atoms. The Morgan fingerprint density at radius 2 is 0.417 bits per heavy atom. The van der Waals surface area contributed by atoms with Crippen molar-refractivity contribution in [3.63, 3.8) is 0 Å². The van der Waals surface area contributed by atoms with E-state index in [1.807, 2.05) is 0 Å². The van der Waals surface area contributed by atoms with Gasteiger partial charge in [-0.25, -0.2) is 0 Å². The number of rotatable bonds is 24. The van der Waals surface area contributed by atoms with Crippen molar-refractivity contribution in [2.45, 2.75) is 347 Å². The molecule has 14 nitrogen and oxygen atoms in total. The summed E-state index contributed by atoms with van der Waals surface area (Å²) in [6.07, 6.45) is 41.7. The number of hydrogen-bond acceptors (Lipinski definition) is 14. The molecule has 0 aromatic heterocycles. The first kappa shape index (κ1) is 71.1. The molecule has 5 heterocycles. The van der Waals surface area contributed by atoms with Crippen molar-refractivity contribution < 1.29 is 28.4 Å². The third-order valence-electron chi connectivity index (χ3n) is 31.2. The molecular weight excluding hydrogens is 1190 g/mol. The molecule has 0 spiro atoms. The maximum Gasteiger partial charge on any atom is 0.0667 e. The van der Waals surface area contributed by atoms with Crippen molar-refractivity contribution in [2.24, 2.45) is 130 Å². The average Bonchev–Trinajstić information content (AvgIpc) is 1.52. The van der Waals surface area contributed by atoms with Crippen molar-refractivity contribution >= 4 is 0 Å². The van der Waals surface area contributed by atoms with Crippen molar-refractivity contribution in [2.75, 3.05) is 39.6 Å². The molecule has 0 radical (unpaired) electrons. The van der Waals surface area contributed by atoms with E-state index in [2.05, 4.69) is 55.4 Å². The second-order valence-corrected chi connectivity index (χ2v) is 36.1. The minimum absolute atomic E-state index is 0.00132. The van der Waals surface area contributed by atoms with Gasteiger partial charge in [-0.05, 0) is 185 Å². The molecule has 0 aromatic rings. The fourth-order valence-electron chi connectivity index (χ4n) is 27.0. The summed E-state index contributed by atoms with van der Waals surface area (Å²) in [5.74, 6) is 10.9. The highest BCUT2D eigenvalue weighted by Gasteiger charge is 2.69. The molecule has 0 amide bonds. The topological polar surface area (TPSA) is 152 Å². The molecular formula is C82H144N8O6. The lowest BCUT2D eigenvalue weighted by Gasteiger charge is -2.57. The molecule has 5 aliphatic heterocycles. The van der Waals surface area contributed by atoms with Gasteiger partial charge in [0.1, 0.15) is 0 Å². The number of nitrogens with one attached hydrogen (secondary N) is 8. The van der Waals surface area contributed by atoms with Gasteiger partial charge in [-0.1, -0.05) is 171 Å². The van der Waals surface area contributed by atoms with Gasteiger partial charge in [0.25, 0.3) is 0 Å². The van der Waals surface area contributed by atoms with E-state index in [0.29, 0.717) is 82.9 Å². The highest BCUT2D eigenvalue weighted by molar-refractivity contribution is 5.20. The molecule has 36 unspecified atom stereocenters. The van der Waals surface area contributed by atoms with Crippen LogP contribution in [-0.2, 0) is 28.4 Å². The summed E-state index contributed by atoms with van der Waals surface area (Å²) < 4.78 is 46.7. The quantitative estimate of drug-likeness (QED) is 0.0433. The Bertz CT molecular complexity index is 2260. The van der Waals surface area contributed by atoms with Crippen molar-refractivity contribution in [3.05, 3.63) is 0 Å². The molecule has 5 saturated heterocycles. The van der Waals surface area contributed by atoms with Crippen LogP contribution < -0.4 is 42.5 Å². The van der Waals surface area contributed by atoms with E-state index in [1.165, 1.54) is 128 Å². The first-order valence-electron chi connectivity index (χ1n) is 43.0. The maximum atomic E-state index is 7.83. The molecule has 8 N–H and O–H groups in total. The third-order valence-corrected chi connectivity index (χ3v) is 31.2. The standard InChI is InChI=1S/C82H144N8O6/c1-9-15-37-91-69-55-35-27-25-33-53(55)47(7)61-63(69)77-83-75(61)85-79-65-66(72(94-40-18-12-4)58-44-50-30-22-21-29-49(50)43-57(58)71(65)93-39-17-11-3)80(89-79)86-76-62-48(8)54-34-26-28-36-56(54)70(92-38-16-10-2)64(62)78(84-76)88-82-68-67(81(87-77)90-82)73(95-41-19-13-5)59-45-51-31-23-24-32-52(51)46-60(59)74(68)96-42-20-14-6/h47-90H,9-46H2,1-8H3. The van der Waals surface area contributed by atoms with Gasteiger partial charge in [0.2, 0.25) is 0 Å². The zero-order valence-corrected chi connectivity index (χ0v) is 62.1. The Kier molecular flexibility index (Phi) is 24.0. The minimum Gasteiger partial charge on any atom is -0.378 e. The predicted molar refractivity (Wildman–Crippen MR) is 384 cm³/mol. The van der Waals surface area contributed by atoms with E-state index in [0.717, 1.165) is 140 Å². The SMILES string of the molecule is CCCCOC1C2CCCCC2C(C)C2C3NC(NC4NC(NC5NC(NC6NC(N3)C3C(OCCCC)C7CC8CCCCC8CC7C(OCCCC)C63)C3C(C)C6CCCCC6C(OCCCC)C53)C3C(OCCCC)C5CC6CCCCC6CC5C(OCCCC)C43)C12. The molecule has 10 saturated carbocycles. The molecule has 15 rings (SSSR count). The van der Waals surface area contributed by atoms with Gasteiger partial charge in [0, 0.05) is 75.1 Å². The molecule has 15 fully saturated rings. The number of ether oxygens (including phenoxy) is 6. The summed E-state index contributed by atoms with van der Waals surface area (Å²) >= 11 is 0. The van der Waals surface area contributed by atoms with Crippen LogP contribution in [0, 0.1) is 130 Å². The number of fused-ring (bicyclic) bond motifs is 26. The highest BCUT2D eigenvalue weighted by atomic mass is 16.5. The lowest BCUT2D eigenvalue weighted by Crippen LogP contribution is -2.64. The molecule has 14 heteroatoms. The van der Waals surface area contributed by atoms with Gasteiger partial charge < -0.3 is 28.4 Å².